The van der Waals surface area contributed by atoms with Crippen LogP contribution in [-0.2, 0) is 11.2 Å². The summed E-state index contributed by atoms with van der Waals surface area (Å²) in [5.41, 5.74) is 5.66. The normalized spacial score (nSPS) is 9.24. The third-order valence-electron chi connectivity index (χ3n) is 3.25. The van der Waals surface area contributed by atoms with Crippen molar-refractivity contribution in [3.63, 3.8) is 0 Å². The number of aldehydes is 1. The summed E-state index contributed by atoms with van der Waals surface area (Å²) in [7, 11) is 0. The van der Waals surface area contributed by atoms with Crippen molar-refractivity contribution in [1.82, 2.24) is 0 Å². The van der Waals surface area contributed by atoms with Crippen LogP contribution in [-0.4, -0.2) is 41.8 Å². The standard InChI is InChI=1S/C15H12O5.C2H7N.CH2O/c1-2-8-3-5-11(15(19)20)13-9(7-16)4-6-10(12(8)13)14(17)18;1-2-3;1-2/h3-7H,2H2,1H3,(H,17,18)(H,19,20);2-3H2,1H3;1H2. The van der Waals surface area contributed by atoms with Gasteiger partial charge < -0.3 is 20.7 Å². The summed E-state index contributed by atoms with van der Waals surface area (Å²) in [5.74, 6) is -2.34. The molecule has 0 atom stereocenters. The van der Waals surface area contributed by atoms with Crippen molar-refractivity contribution in [2.75, 3.05) is 6.54 Å². The second-order valence-electron chi connectivity index (χ2n) is 4.71. The fourth-order valence-electron chi connectivity index (χ4n) is 2.34. The van der Waals surface area contributed by atoms with E-state index in [9.17, 15) is 24.6 Å². The van der Waals surface area contributed by atoms with E-state index in [-0.39, 0.29) is 22.1 Å². The largest absolute Gasteiger partial charge is 0.478 e. The molecule has 0 radical (unpaired) electrons. The summed E-state index contributed by atoms with van der Waals surface area (Å²) < 4.78 is 0. The Morgan fingerprint density at radius 3 is 1.84 bits per heavy atom. The molecule has 2 aromatic rings. The van der Waals surface area contributed by atoms with Crippen molar-refractivity contribution in [2.45, 2.75) is 20.3 Å². The molecule has 134 valence electrons. The lowest BCUT2D eigenvalue weighted by Crippen LogP contribution is -2.06. The molecule has 0 aliphatic heterocycles. The van der Waals surface area contributed by atoms with E-state index < -0.39 is 11.9 Å². The number of carbonyl (C=O) groups excluding carboxylic acids is 2. The van der Waals surface area contributed by atoms with E-state index >= 15 is 0 Å². The van der Waals surface area contributed by atoms with Crippen LogP contribution in [0.15, 0.2) is 24.3 Å². The Hall–Kier alpha value is -3.06. The monoisotopic (exact) mass is 347 g/mol. The Morgan fingerprint density at radius 1 is 1.00 bits per heavy atom. The summed E-state index contributed by atoms with van der Waals surface area (Å²) in [6.45, 7) is 6.49. The number of carboxylic acid groups (broad SMARTS) is 2. The second kappa shape index (κ2) is 10.7. The molecular weight excluding hydrogens is 326 g/mol. The van der Waals surface area contributed by atoms with Crippen molar-refractivity contribution < 1.29 is 29.4 Å². The van der Waals surface area contributed by atoms with Gasteiger partial charge in [0.1, 0.15) is 6.79 Å². The minimum Gasteiger partial charge on any atom is -0.478 e. The molecule has 0 fully saturated rings. The van der Waals surface area contributed by atoms with Gasteiger partial charge in [-0.05, 0) is 30.7 Å². The van der Waals surface area contributed by atoms with Crippen LogP contribution in [0.4, 0.5) is 0 Å². The minimum absolute atomic E-state index is 0.00514. The van der Waals surface area contributed by atoms with E-state index in [0.29, 0.717) is 23.7 Å². The average molecular weight is 347 g/mol. The first kappa shape index (κ1) is 21.9. The summed E-state index contributed by atoms with van der Waals surface area (Å²) >= 11 is 0. The maximum atomic E-state index is 11.3. The van der Waals surface area contributed by atoms with Gasteiger partial charge in [0.25, 0.3) is 0 Å². The van der Waals surface area contributed by atoms with E-state index in [4.69, 9.17) is 10.5 Å². The van der Waals surface area contributed by atoms with E-state index in [1.807, 2.05) is 20.6 Å². The quantitative estimate of drug-likeness (QED) is 0.723. The van der Waals surface area contributed by atoms with E-state index in [1.54, 1.807) is 6.07 Å². The van der Waals surface area contributed by atoms with Crippen LogP contribution in [0.1, 0.15) is 50.5 Å². The lowest BCUT2D eigenvalue weighted by Gasteiger charge is -2.12. The second-order valence-corrected chi connectivity index (χ2v) is 4.71. The number of fused-ring (bicyclic) bond motifs is 1. The van der Waals surface area contributed by atoms with Crippen molar-refractivity contribution in [3.05, 3.63) is 46.5 Å². The Bertz CT molecular complexity index is 770. The highest BCUT2D eigenvalue weighted by Gasteiger charge is 2.19. The predicted molar refractivity (Wildman–Crippen MR) is 94.5 cm³/mol. The molecular formula is C18H21NO6. The molecule has 0 aromatic heterocycles. The van der Waals surface area contributed by atoms with Gasteiger partial charge in [-0.2, -0.15) is 0 Å². The lowest BCUT2D eigenvalue weighted by molar-refractivity contribution is -0.0980. The molecule has 2 aromatic carbocycles. The van der Waals surface area contributed by atoms with Gasteiger partial charge in [0.05, 0.1) is 11.1 Å². The van der Waals surface area contributed by atoms with Gasteiger partial charge in [0.2, 0.25) is 0 Å². The summed E-state index contributed by atoms with van der Waals surface area (Å²) in [6, 6.07) is 5.67. The Balaban J connectivity index is 0.00000104. The number of carbonyl (C=O) groups is 4. The number of hydrogen-bond donors (Lipinski definition) is 3. The highest BCUT2D eigenvalue weighted by atomic mass is 16.4. The topological polar surface area (TPSA) is 135 Å². The molecule has 25 heavy (non-hydrogen) atoms. The molecule has 0 heterocycles. The van der Waals surface area contributed by atoms with Crippen LogP contribution in [0.5, 0.6) is 0 Å². The van der Waals surface area contributed by atoms with Gasteiger partial charge >= 0.3 is 11.9 Å². The van der Waals surface area contributed by atoms with Gasteiger partial charge in [-0.3, -0.25) is 4.79 Å². The summed E-state index contributed by atoms with van der Waals surface area (Å²) in [4.78, 5) is 41.8. The van der Waals surface area contributed by atoms with Gasteiger partial charge in [-0.25, -0.2) is 9.59 Å². The van der Waals surface area contributed by atoms with Gasteiger partial charge in [0.15, 0.2) is 6.29 Å². The summed E-state index contributed by atoms with van der Waals surface area (Å²) in [6.07, 6.45) is 1.08. The molecule has 4 N–H and O–H groups in total. The zero-order valence-corrected chi connectivity index (χ0v) is 14.1. The van der Waals surface area contributed by atoms with Crippen molar-refractivity contribution >= 4 is 35.8 Å². The first-order valence-electron chi connectivity index (χ1n) is 7.42. The van der Waals surface area contributed by atoms with E-state index in [1.165, 1.54) is 18.2 Å². The first-order chi connectivity index (χ1) is 11.9. The van der Waals surface area contributed by atoms with Crippen LogP contribution in [0.25, 0.3) is 10.8 Å². The molecule has 7 heteroatoms. The molecule has 7 nitrogen and oxygen atoms in total. The highest BCUT2D eigenvalue weighted by Crippen LogP contribution is 2.29. The average Bonchev–Trinajstić information content (AvgIpc) is 2.61. The Kier molecular flexibility index (Phi) is 9.36. The van der Waals surface area contributed by atoms with Crippen molar-refractivity contribution in [3.8, 4) is 0 Å². The van der Waals surface area contributed by atoms with Crippen LogP contribution in [0.3, 0.4) is 0 Å². The van der Waals surface area contributed by atoms with Crippen molar-refractivity contribution in [2.24, 2.45) is 5.73 Å². The maximum Gasteiger partial charge on any atom is 0.336 e. The maximum absolute atomic E-state index is 11.3. The SMILES string of the molecule is C=O.CCN.CCc1ccc(C(=O)O)c2c(C=O)ccc(C(=O)O)c12. The number of rotatable bonds is 4. The number of nitrogens with two attached hydrogens (primary N) is 1. The molecule has 0 aliphatic rings. The van der Waals surface area contributed by atoms with Crippen LogP contribution in [0.2, 0.25) is 0 Å². The van der Waals surface area contributed by atoms with Gasteiger partial charge in [-0.1, -0.05) is 26.0 Å². The van der Waals surface area contributed by atoms with Crippen molar-refractivity contribution in [1.29, 1.82) is 0 Å². The van der Waals surface area contributed by atoms with E-state index in [2.05, 4.69) is 0 Å². The number of benzene rings is 2. The fraction of sp³-hybridized carbons (Fsp3) is 0.222. The third kappa shape index (κ3) is 4.95. The number of aromatic carboxylic acids is 2. The zero-order valence-electron chi connectivity index (χ0n) is 14.1. The van der Waals surface area contributed by atoms with Gasteiger partial charge in [0, 0.05) is 16.3 Å². The predicted octanol–water partition coefficient (Wildman–Crippen LogP) is 2.39. The molecule has 0 saturated heterocycles. The first-order valence-corrected chi connectivity index (χ1v) is 7.42. The Morgan fingerprint density at radius 2 is 1.44 bits per heavy atom. The molecule has 0 bridgehead atoms. The molecule has 0 aliphatic carbocycles. The molecule has 0 spiro atoms. The molecule has 0 unspecified atom stereocenters. The van der Waals surface area contributed by atoms with Gasteiger partial charge in [-0.15, -0.1) is 0 Å². The number of aryl methyl sites for hydroxylation is 1. The van der Waals surface area contributed by atoms with Crippen LogP contribution < -0.4 is 5.73 Å². The smallest absolute Gasteiger partial charge is 0.336 e. The minimum atomic E-state index is -1.19. The third-order valence-corrected chi connectivity index (χ3v) is 3.25. The molecule has 2 rings (SSSR count). The Labute approximate surface area is 145 Å². The molecule has 0 amide bonds. The number of hydrogen-bond acceptors (Lipinski definition) is 5. The molecule has 0 saturated carbocycles. The number of carboxylic acids is 2. The lowest BCUT2D eigenvalue weighted by atomic mass is 9.91. The highest BCUT2D eigenvalue weighted by molar-refractivity contribution is 6.16. The summed E-state index contributed by atoms with van der Waals surface area (Å²) in [5, 5.41) is 19.0. The fourth-order valence-corrected chi connectivity index (χ4v) is 2.34. The van der Waals surface area contributed by atoms with Crippen LogP contribution >= 0.6 is 0 Å². The zero-order chi connectivity index (χ0) is 19.6. The van der Waals surface area contributed by atoms with E-state index in [0.717, 1.165) is 6.54 Å². The van der Waals surface area contributed by atoms with Crippen LogP contribution in [0, 0.1) is 0 Å².